The molecule has 1 saturated carbocycles. The molecule has 0 atom stereocenters. The number of rotatable bonds is 3. The fraction of sp³-hybridized carbons (Fsp3) is 0.467. The largest absolute Gasteiger partial charge is 0.340 e. The Morgan fingerprint density at radius 3 is 2.95 bits per heavy atom. The lowest BCUT2D eigenvalue weighted by atomic mass is 9.96. The van der Waals surface area contributed by atoms with Crippen LogP contribution in [0.15, 0.2) is 18.2 Å². The summed E-state index contributed by atoms with van der Waals surface area (Å²) in [6, 6.07) is 4.49. The van der Waals surface area contributed by atoms with Gasteiger partial charge in [0.15, 0.2) is 0 Å². The molecule has 2 aromatic rings. The van der Waals surface area contributed by atoms with Crippen LogP contribution in [0.3, 0.4) is 0 Å². The van der Waals surface area contributed by atoms with Crippen molar-refractivity contribution in [3.8, 4) is 0 Å². The summed E-state index contributed by atoms with van der Waals surface area (Å²) in [6.45, 7) is 0.300. The first kappa shape index (κ1) is 13.9. The van der Waals surface area contributed by atoms with Crippen LogP contribution < -0.4 is 10.6 Å². The summed E-state index contributed by atoms with van der Waals surface area (Å²) in [5.41, 5.74) is 1.33. The van der Waals surface area contributed by atoms with Crippen molar-refractivity contribution < 1.29 is 9.18 Å². The molecule has 112 valence electrons. The Kier molecular flexibility index (Phi) is 4.03. The predicted octanol–water partition coefficient (Wildman–Crippen LogP) is 2.83. The molecule has 3 N–H and O–H groups in total. The second kappa shape index (κ2) is 6.11. The summed E-state index contributed by atoms with van der Waals surface area (Å²) in [6.07, 6.45) is 5.73. The van der Waals surface area contributed by atoms with Crippen LogP contribution >= 0.6 is 0 Å². The highest BCUT2D eigenvalue weighted by Crippen LogP contribution is 2.17. The van der Waals surface area contributed by atoms with Crippen molar-refractivity contribution in [2.24, 2.45) is 0 Å². The lowest BCUT2D eigenvalue weighted by molar-refractivity contribution is 0.232. The van der Waals surface area contributed by atoms with E-state index in [1.807, 2.05) is 0 Å². The Labute approximate surface area is 122 Å². The van der Waals surface area contributed by atoms with Crippen molar-refractivity contribution in [1.82, 2.24) is 20.6 Å². The quantitative estimate of drug-likeness (QED) is 0.813. The van der Waals surface area contributed by atoms with Crippen molar-refractivity contribution in [1.29, 1.82) is 0 Å². The molecular formula is C15H19FN4O. The molecule has 2 amide bonds. The first-order chi connectivity index (χ1) is 10.2. The number of aromatic nitrogens is 2. The van der Waals surface area contributed by atoms with Gasteiger partial charge in [-0.2, -0.15) is 0 Å². The van der Waals surface area contributed by atoms with Crippen LogP contribution in [0.4, 0.5) is 9.18 Å². The number of imidazole rings is 1. The summed E-state index contributed by atoms with van der Waals surface area (Å²) in [5.74, 6) is 0.315. The van der Waals surface area contributed by atoms with Gasteiger partial charge in [-0.1, -0.05) is 19.3 Å². The third-order valence-electron chi connectivity index (χ3n) is 3.85. The summed E-state index contributed by atoms with van der Waals surface area (Å²) in [5, 5.41) is 5.76. The van der Waals surface area contributed by atoms with Gasteiger partial charge in [0.05, 0.1) is 17.6 Å². The van der Waals surface area contributed by atoms with E-state index in [-0.39, 0.29) is 17.9 Å². The number of halogens is 1. The van der Waals surface area contributed by atoms with Gasteiger partial charge in [-0.3, -0.25) is 0 Å². The number of benzene rings is 1. The number of carbonyl (C=O) groups is 1. The van der Waals surface area contributed by atoms with E-state index in [0.717, 1.165) is 12.8 Å². The maximum Gasteiger partial charge on any atom is 0.315 e. The van der Waals surface area contributed by atoms with Crippen LogP contribution in [0, 0.1) is 5.82 Å². The van der Waals surface area contributed by atoms with E-state index in [2.05, 4.69) is 20.6 Å². The third kappa shape index (κ3) is 3.51. The highest BCUT2D eigenvalue weighted by Gasteiger charge is 2.15. The molecule has 1 aliphatic rings. The van der Waals surface area contributed by atoms with E-state index in [1.54, 1.807) is 6.07 Å². The zero-order chi connectivity index (χ0) is 14.7. The summed E-state index contributed by atoms with van der Waals surface area (Å²) in [7, 11) is 0. The first-order valence-electron chi connectivity index (χ1n) is 7.39. The summed E-state index contributed by atoms with van der Waals surface area (Å²) < 4.78 is 13.1. The van der Waals surface area contributed by atoms with Crippen LogP contribution in [0.5, 0.6) is 0 Å². The Morgan fingerprint density at radius 2 is 2.14 bits per heavy atom. The molecule has 0 unspecified atom stereocenters. The highest BCUT2D eigenvalue weighted by molar-refractivity contribution is 5.76. The Hall–Kier alpha value is -2.11. The van der Waals surface area contributed by atoms with Crippen LogP contribution in [0.25, 0.3) is 11.0 Å². The number of H-pyrrole nitrogens is 1. The van der Waals surface area contributed by atoms with Crippen molar-refractivity contribution >= 4 is 17.1 Å². The lowest BCUT2D eigenvalue weighted by Gasteiger charge is -2.22. The molecule has 6 heteroatoms. The highest BCUT2D eigenvalue weighted by atomic mass is 19.1. The standard InChI is InChI=1S/C15H19FN4O/c16-10-6-7-12-13(8-10)20-14(19-12)9-17-15(21)18-11-4-2-1-3-5-11/h6-8,11H,1-5,9H2,(H,19,20)(H2,17,18,21). The summed E-state index contributed by atoms with van der Waals surface area (Å²) in [4.78, 5) is 19.1. The van der Waals surface area contributed by atoms with Crippen molar-refractivity contribution in [2.75, 3.05) is 0 Å². The van der Waals surface area contributed by atoms with E-state index in [1.165, 1.54) is 31.4 Å². The maximum absolute atomic E-state index is 13.1. The number of nitrogens with zero attached hydrogens (tertiary/aromatic N) is 1. The molecule has 0 bridgehead atoms. The van der Waals surface area contributed by atoms with E-state index < -0.39 is 0 Å². The minimum absolute atomic E-state index is 0.173. The number of carbonyl (C=O) groups excluding carboxylic acids is 1. The van der Waals surface area contributed by atoms with Crippen molar-refractivity contribution in [3.63, 3.8) is 0 Å². The van der Waals surface area contributed by atoms with Gasteiger partial charge in [-0.25, -0.2) is 14.2 Å². The minimum atomic E-state index is -0.305. The lowest BCUT2D eigenvalue weighted by Crippen LogP contribution is -2.42. The van der Waals surface area contributed by atoms with Gasteiger partial charge in [0.2, 0.25) is 0 Å². The van der Waals surface area contributed by atoms with Gasteiger partial charge in [0.1, 0.15) is 11.6 Å². The third-order valence-corrected chi connectivity index (χ3v) is 3.85. The molecule has 0 aliphatic heterocycles. The molecule has 21 heavy (non-hydrogen) atoms. The summed E-state index contributed by atoms with van der Waals surface area (Å²) >= 11 is 0. The molecule has 1 aromatic heterocycles. The van der Waals surface area contributed by atoms with Gasteiger partial charge >= 0.3 is 6.03 Å². The van der Waals surface area contributed by atoms with E-state index in [4.69, 9.17) is 0 Å². The normalized spacial score (nSPS) is 16.0. The number of fused-ring (bicyclic) bond motifs is 1. The molecular weight excluding hydrogens is 271 g/mol. The number of hydrogen-bond acceptors (Lipinski definition) is 2. The zero-order valence-electron chi connectivity index (χ0n) is 11.8. The van der Waals surface area contributed by atoms with Crippen LogP contribution in [0.1, 0.15) is 37.9 Å². The Morgan fingerprint density at radius 1 is 1.33 bits per heavy atom. The van der Waals surface area contributed by atoms with Crippen LogP contribution in [-0.4, -0.2) is 22.0 Å². The maximum atomic E-state index is 13.1. The number of aromatic amines is 1. The van der Waals surface area contributed by atoms with Crippen molar-refractivity contribution in [3.05, 3.63) is 29.8 Å². The zero-order valence-corrected chi connectivity index (χ0v) is 11.8. The number of amides is 2. The van der Waals surface area contributed by atoms with Gasteiger partial charge in [0, 0.05) is 6.04 Å². The molecule has 1 aliphatic carbocycles. The Bertz CT molecular complexity index is 634. The van der Waals surface area contributed by atoms with E-state index in [9.17, 15) is 9.18 Å². The fourth-order valence-corrected chi connectivity index (χ4v) is 2.77. The number of urea groups is 1. The topological polar surface area (TPSA) is 69.8 Å². The molecule has 0 spiro atoms. The minimum Gasteiger partial charge on any atom is -0.340 e. The van der Waals surface area contributed by atoms with Gasteiger partial charge in [-0.05, 0) is 31.0 Å². The van der Waals surface area contributed by atoms with Crippen molar-refractivity contribution in [2.45, 2.75) is 44.7 Å². The van der Waals surface area contributed by atoms with Gasteiger partial charge < -0.3 is 15.6 Å². The second-order valence-electron chi connectivity index (χ2n) is 5.51. The first-order valence-corrected chi connectivity index (χ1v) is 7.39. The predicted molar refractivity (Wildman–Crippen MR) is 78.3 cm³/mol. The SMILES string of the molecule is O=C(NCc1nc2ccc(F)cc2[nH]1)NC1CCCCC1. The molecule has 0 saturated heterocycles. The number of nitrogens with one attached hydrogen (secondary N) is 3. The van der Waals surface area contributed by atoms with Gasteiger partial charge in [-0.15, -0.1) is 0 Å². The van der Waals surface area contributed by atoms with E-state index in [0.29, 0.717) is 23.4 Å². The molecule has 3 rings (SSSR count). The average Bonchev–Trinajstić information content (AvgIpc) is 2.88. The van der Waals surface area contributed by atoms with Gasteiger partial charge in [0.25, 0.3) is 0 Å². The molecule has 1 fully saturated rings. The molecule has 1 heterocycles. The van der Waals surface area contributed by atoms with Crippen LogP contribution in [0.2, 0.25) is 0 Å². The van der Waals surface area contributed by atoms with E-state index >= 15 is 0 Å². The Balaban J connectivity index is 1.54. The molecule has 0 radical (unpaired) electrons. The monoisotopic (exact) mass is 290 g/mol. The molecule has 1 aromatic carbocycles. The van der Waals surface area contributed by atoms with Crippen LogP contribution in [-0.2, 0) is 6.54 Å². The molecule has 5 nitrogen and oxygen atoms in total. The smallest absolute Gasteiger partial charge is 0.315 e. The number of hydrogen-bond donors (Lipinski definition) is 3. The second-order valence-corrected chi connectivity index (χ2v) is 5.51. The average molecular weight is 290 g/mol. The fourth-order valence-electron chi connectivity index (χ4n) is 2.77.